The van der Waals surface area contributed by atoms with Crippen molar-refractivity contribution in [3.8, 4) is 0 Å². The second-order valence-electron chi connectivity index (χ2n) is 11.0. The molecule has 0 bridgehead atoms. The van der Waals surface area contributed by atoms with Gasteiger partial charge in [-0.05, 0) is 84.0 Å². The van der Waals surface area contributed by atoms with Crippen LogP contribution in [0.25, 0.3) is 11.9 Å². The van der Waals surface area contributed by atoms with E-state index in [9.17, 15) is 0 Å². The van der Waals surface area contributed by atoms with Gasteiger partial charge < -0.3 is 20.3 Å². The summed E-state index contributed by atoms with van der Waals surface area (Å²) in [6.07, 6.45) is 10.7. The van der Waals surface area contributed by atoms with Crippen LogP contribution >= 0.6 is 23.5 Å². The number of rotatable bonds is 14. The first-order valence-electron chi connectivity index (χ1n) is 14.8. The fourth-order valence-electron chi connectivity index (χ4n) is 4.72. The lowest BCUT2D eigenvalue weighted by atomic mass is 9.97. The third-order valence-electron chi connectivity index (χ3n) is 7.50. The largest absolute Gasteiger partial charge is 0.363 e. The average Bonchev–Trinajstić information content (AvgIpc) is 3.38. The summed E-state index contributed by atoms with van der Waals surface area (Å²) >= 11 is 7.93. The fraction of sp³-hybridized carbons (Fsp3) is 0.562. The molecule has 0 aliphatic carbocycles. The van der Waals surface area contributed by atoms with Gasteiger partial charge in [-0.25, -0.2) is 9.67 Å². The highest BCUT2D eigenvalue weighted by molar-refractivity contribution is 7.99. The number of hydrogen-bond donors (Lipinski definition) is 3. The summed E-state index contributed by atoms with van der Waals surface area (Å²) in [4.78, 5) is 6.64. The Balaban J connectivity index is 0.00000108. The third kappa shape index (κ3) is 10.8. The van der Waals surface area contributed by atoms with E-state index in [1.54, 1.807) is 11.9 Å². The molecule has 7 nitrogen and oxygen atoms in total. The number of anilines is 1. The highest BCUT2D eigenvalue weighted by Gasteiger charge is 2.29. The summed E-state index contributed by atoms with van der Waals surface area (Å²) < 4.78 is 5.24. The van der Waals surface area contributed by atoms with E-state index in [1.807, 2.05) is 43.2 Å². The maximum absolute atomic E-state index is 6.37. The second kappa shape index (κ2) is 18.3. The Morgan fingerprint density at radius 3 is 2.61 bits per heavy atom. The van der Waals surface area contributed by atoms with E-state index in [1.165, 1.54) is 12.0 Å². The van der Waals surface area contributed by atoms with Crippen LogP contribution in [0.1, 0.15) is 83.5 Å². The molecule has 1 aliphatic heterocycles. The van der Waals surface area contributed by atoms with Crippen LogP contribution in [0, 0.1) is 5.92 Å². The first-order chi connectivity index (χ1) is 19.7. The SMILES string of the molecule is C=Nc1cc(C2CCCCN2C(=C)c2cc(Cl)ccc2NSC)nn1/C=C(/C)CCC(CNC)NC.CCC(C)C. The van der Waals surface area contributed by atoms with Crippen molar-refractivity contribution in [2.75, 3.05) is 38.2 Å². The van der Waals surface area contributed by atoms with Crippen LogP contribution in [0.3, 0.4) is 0 Å². The van der Waals surface area contributed by atoms with Gasteiger partial charge in [0.15, 0.2) is 5.82 Å². The van der Waals surface area contributed by atoms with Crippen LogP contribution in [0.15, 0.2) is 41.4 Å². The van der Waals surface area contributed by atoms with Gasteiger partial charge in [0.1, 0.15) is 0 Å². The highest BCUT2D eigenvalue weighted by atomic mass is 35.5. The summed E-state index contributed by atoms with van der Waals surface area (Å²) in [5.74, 6) is 1.64. The van der Waals surface area contributed by atoms with E-state index >= 15 is 0 Å². The smallest absolute Gasteiger partial charge is 0.154 e. The number of likely N-dealkylation sites (N-methyl/N-ethyl adjacent to an activating group) is 2. The molecular formula is C32H52ClN7S. The van der Waals surface area contributed by atoms with Gasteiger partial charge >= 0.3 is 0 Å². The Bertz CT molecular complexity index is 1130. The van der Waals surface area contributed by atoms with Crippen molar-refractivity contribution in [2.24, 2.45) is 10.9 Å². The van der Waals surface area contributed by atoms with Crippen LogP contribution in [-0.2, 0) is 0 Å². The zero-order valence-electron chi connectivity index (χ0n) is 26.3. The topological polar surface area (TPSA) is 69.5 Å². The fourth-order valence-corrected chi connectivity index (χ4v) is 5.29. The molecule has 3 rings (SSSR count). The van der Waals surface area contributed by atoms with E-state index in [-0.39, 0.29) is 6.04 Å². The molecule has 3 N–H and O–H groups in total. The third-order valence-corrected chi connectivity index (χ3v) is 8.16. The van der Waals surface area contributed by atoms with Crippen molar-refractivity contribution in [2.45, 2.75) is 78.3 Å². The zero-order chi connectivity index (χ0) is 30.4. The molecule has 1 saturated heterocycles. The van der Waals surface area contributed by atoms with Crippen LogP contribution in [0.2, 0.25) is 5.02 Å². The molecule has 1 aliphatic rings. The van der Waals surface area contributed by atoms with Gasteiger partial charge in [-0.15, -0.1) is 0 Å². The molecule has 0 spiro atoms. The average molecular weight is 602 g/mol. The summed E-state index contributed by atoms with van der Waals surface area (Å²) in [5.41, 5.74) is 5.23. The van der Waals surface area contributed by atoms with Crippen molar-refractivity contribution in [1.82, 2.24) is 25.3 Å². The second-order valence-corrected chi connectivity index (χ2v) is 12.1. The summed E-state index contributed by atoms with van der Waals surface area (Å²) in [5, 5.41) is 12.3. The number of nitrogens with zero attached hydrogens (tertiary/aromatic N) is 4. The predicted molar refractivity (Wildman–Crippen MR) is 183 cm³/mol. The van der Waals surface area contributed by atoms with Crippen molar-refractivity contribution >= 4 is 53.7 Å². The van der Waals surface area contributed by atoms with Crippen molar-refractivity contribution < 1.29 is 0 Å². The van der Waals surface area contributed by atoms with E-state index in [0.717, 1.165) is 79.6 Å². The predicted octanol–water partition coefficient (Wildman–Crippen LogP) is 8.26. The zero-order valence-corrected chi connectivity index (χ0v) is 27.8. The molecule has 9 heteroatoms. The van der Waals surface area contributed by atoms with Crippen molar-refractivity contribution in [3.63, 3.8) is 0 Å². The molecule has 2 aromatic rings. The number of piperidine rings is 1. The number of hydrogen-bond acceptors (Lipinski definition) is 7. The summed E-state index contributed by atoms with van der Waals surface area (Å²) in [6.45, 7) is 18.9. The summed E-state index contributed by atoms with van der Waals surface area (Å²) in [6, 6.07) is 8.51. The minimum absolute atomic E-state index is 0.118. The molecule has 0 saturated carbocycles. The molecule has 41 heavy (non-hydrogen) atoms. The maximum atomic E-state index is 6.37. The van der Waals surface area contributed by atoms with E-state index in [2.05, 4.69) is 78.5 Å². The summed E-state index contributed by atoms with van der Waals surface area (Å²) in [7, 11) is 3.99. The van der Waals surface area contributed by atoms with Crippen LogP contribution in [-0.4, -0.2) is 60.9 Å². The van der Waals surface area contributed by atoms with Gasteiger partial charge in [-0.1, -0.05) is 62.9 Å². The molecule has 2 atom stereocenters. The Hall–Kier alpha value is -2.26. The van der Waals surface area contributed by atoms with Crippen molar-refractivity contribution in [3.05, 3.63) is 52.7 Å². The van der Waals surface area contributed by atoms with Crippen LogP contribution < -0.4 is 15.4 Å². The van der Waals surface area contributed by atoms with Gasteiger partial charge in [0.2, 0.25) is 0 Å². The van der Waals surface area contributed by atoms with Crippen LogP contribution in [0.5, 0.6) is 0 Å². The molecular weight excluding hydrogens is 550 g/mol. The number of benzene rings is 1. The van der Waals surface area contributed by atoms with Gasteiger partial charge in [-0.2, -0.15) is 5.10 Å². The number of nitrogens with one attached hydrogen (secondary N) is 3. The monoisotopic (exact) mass is 601 g/mol. The Morgan fingerprint density at radius 2 is 2.00 bits per heavy atom. The Morgan fingerprint density at radius 1 is 1.27 bits per heavy atom. The molecule has 1 fully saturated rings. The quantitative estimate of drug-likeness (QED) is 0.150. The first kappa shape index (κ1) is 34.9. The standard InChI is InChI=1S/C27H40ClN7S.C5H12/c1-19(10-12-22(30-4)17-29-3)18-35-27(31-5)16-25(32-35)26-9-7-8-14-34(26)20(2)23-15-21(28)11-13-24(23)33-36-6;1-4-5(2)3/h11,13,15-16,18,22,26,29-30,33H,2,5,7-10,12,14,17H2,1,3-4,6H3;5H,4H2,1-3H3/b19-18-;. The van der Waals surface area contributed by atoms with Gasteiger partial charge in [-0.3, -0.25) is 0 Å². The first-order valence-corrected chi connectivity index (χ1v) is 16.4. The van der Waals surface area contributed by atoms with E-state index in [4.69, 9.17) is 16.7 Å². The molecule has 1 aromatic heterocycles. The minimum atomic E-state index is 0.118. The lowest BCUT2D eigenvalue weighted by molar-refractivity contribution is 0.226. The molecule has 0 amide bonds. The molecule has 2 unspecified atom stereocenters. The van der Waals surface area contributed by atoms with Crippen LogP contribution in [0.4, 0.5) is 11.5 Å². The number of halogens is 1. The Kier molecular flexibility index (Phi) is 15.6. The highest BCUT2D eigenvalue weighted by Crippen LogP contribution is 2.39. The maximum Gasteiger partial charge on any atom is 0.154 e. The molecule has 0 radical (unpaired) electrons. The van der Waals surface area contributed by atoms with Gasteiger partial charge in [0, 0.05) is 53.9 Å². The normalized spacial score (nSPS) is 16.3. The van der Waals surface area contributed by atoms with E-state index < -0.39 is 0 Å². The molecule has 228 valence electrons. The number of aliphatic imine (C=N–C) groups is 1. The molecule has 1 aromatic carbocycles. The lowest BCUT2D eigenvalue weighted by Gasteiger charge is -2.38. The van der Waals surface area contributed by atoms with Gasteiger partial charge in [0.05, 0.1) is 17.4 Å². The van der Waals surface area contributed by atoms with Crippen molar-refractivity contribution in [1.29, 1.82) is 0 Å². The number of aromatic nitrogens is 2. The minimum Gasteiger partial charge on any atom is -0.363 e. The number of likely N-dealkylation sites (tertiary alicyclic amines) is 1. The lowest BCUT2D eigenvalue weighted by Crippen LogP contribution is -2.34. The number of allylic oxidation sites excluding steroid dienone is 1. The van der Waals surface area contributed by atoms with Gasteiger partial charge in [0.25, 0.3) is 0 Å². The Labute approximate surface area is 258 Å². The molecule has 2 heterocycles. The van der Waals surface area contributed by atoms with E-state index in [0.29, 0.717) is 11.1 Å².